The molecule has 1 saturated heterocycles. The van der Waals surface area contributed by atoms with Crippen LogP contribution in [0.4, 0.5) is 5.69 Å². The topological polar surface area (TPSA) is 32.5 Å². The van der Waals surface area contributed by atoms with Crippen LogP contribution in [0.15, 0.2) is 18.2 Å². The number of rotatable bonds is 4. The van der Waals surface area contributed by atoms with Crippen molar-refractivity contribution < 1.29 is 0 Å². The van der Waals surface area contributed by atoms with Crippen LogP contribution in [0.5, 0.6) is 0 Å². The Kier molecular flexibility index (Phi) is 4.25. The molecule has 3 heteroatoms. The molecule has 1 aliphatic heterocycles. The minimum Gasteiger partial charge on any atom is -0.370 e. The first-order valence-corrected chi connectivity index (χ1v) is 6.83. The first kappa shape index (κ1) is 13.4. The van der Waals surface area contributed by atoms with Gasteiger partial charge < -0.3 is 15.5 Å². The van der Waals surface area contributed by atoms with Gasteiger partial charge in [0.1, 0.15) is 0 Å². The molecule has 3 nitrogen and oxygen atoms in total. The number of likely N-dealkylation sites (N-methyl/N-ethyl adjacent to an activating group) is 1. The van der Waals surface area contributed by atoms with Crippen LogP contribution in [0.25, 0.3) is 0 Å². The Bertz CT molecular complexity index is 401. The zero-order valence-corrected chi connectivity index (χ0v) is 11.8. The number of hydrogen-bond acceptors (Lipinski definition) is 3. The molecule has 1 atom stereocenters. The Balaban J connectivity index is 2.10. The fourth-order valence-electron chi connectivity index (χ4n) is 2.78. The van der Waals surface area contributed by atoms with Gasteiger partial charge in [-0.25, -0.2) is 0 Å². The third kappa shape index (κ3) is 2.85. The Hall–Kier alpha value is -1.06. The number of nitrogens with two attached hydrogens (primary N) is 1. The minimum absolute atomic E-state index is 0.688. The first-order valence-electron chi connectivity index (χ1n) is 6.83. The molecule has 0 saturated carbocycles. The molecule has 1 aromatic carbocycles. The van der Waals surface area contributed by atoms with Crippen LogP contribution < -0.4 is 10.6 Å². The SMILES string of the molecule is Cc1cc(CCN)ccc1N1CCC(N(C)C)C1. The fourth-order valence-corrected chi connectivity index (χ4v) is 2.78. The minimum atomic E-state index is 0.688. The highest BCUT2D eigenvalue weighted by molar-refractivity contribution is 5.55. The van der Waals surface area contributed by atoms with Crippen LogP contribution in [0.1, 0.15) is 17.5 Å². The van der Waals surface area contributed by atoms with Crippen LogP contribution in [0.2, 0.25) is 0 Å². The van der Waals surface area contributed by atoms with Crippen molar-refractivity contribution in [1.82, 2.24) is 4.90 Å². The number of anilines is 1. The molecule has 1 fully saturated rings. The van der Waals surface area contributed by atoms with Crippen molar-refractivity contribution in [2.24, 2.45) is 5.73 Å². The zero-order chi connectivity index (χ0) is 13.1. The highest BCUT2D eigenvalue weighted by atomic mass is 15.2. The highest BCUT2D eigenvalue weighted by Crippen LogP contribution is 2.26. The lowest BCUT2D eigenvalue weighted by atomic mass is 10.1. The second-order valence-electron chi connectivity index (χ2n) is 5.51. The summed E-state index contributed by atoms with van der Waals surface area (Å²) in [5.41, 5.74) is 9.72. The third-order valence-electron chi connectivity index (χ3n) is 3.93. The molecule has 0 bridgehead atoms. The van der Waals surface area contributed by atoms with E-state index in [9.17, 15) is 0 Å². The van der Waals surface area contributed by atoms with Gasteiger partial charge in [0, 0.05) is 24.8 Å². The van der Waals surface area contributed by atoms with Crippen LogP contribution in [0.3, 0.4) is 0 Å². The van der Waals surface area contributed by atoms with Gasteiger partial charge in [-0.05, 0) is 57.6 Å². The summed E-state index contributed by atoms with van der Waals surface area (Å²) in [5.74, 6) is 0. The number of benzene rings is 1. The van der Waals surface area contributed by atoms with E-state index in [0.29, 0.717) is 6.04 Å². The average Bonchev–Trinajstić information content (AvgIpc) is 2.79. The van der Waals surface area contributed by atoms with E-state index < -0.39 is 0 Å². The van der Waals surface area contributed by atoms with Crippen molar-refractivity contribution in [1.29, 1.82) is 0 Å². The molecule has 1 unspecified atom stereocenters. The summed E-state index contributed by atoms with van der Waals surface area (Å²) in [6.07, 6.45) is 2.23. The quantitative estimate of drug-likeness (QED) is 0.878. The summed E-state index contributed by atoms with van der Waals surface area (Å²) in [6, 6.07) is 7.45. The van der Waals surface area contributed by atoms with E-state index in [1.54, 1.807) is 0 Å². The van der Waals surface area contributed by atoms with Crippen molar-refractivity contribution >= 4 is 5.69 Å². The fraction of sp³-hybridized carbons (Fsp3) is 0.600. The highest BCUT2D eigenvalue weighted by Gasteiger charge is 2.24. The van der Waals surface area contributed by atoms with Gasteiger partial charge in [0.2, 0.25) is 0 Å². The molecule has 100 valence electrons. The van der Waals surface area contributed by atoms with Crippen molar-refractivity contribution in [3.63, 3.8) is 0 Å². The molecule has 1 heterocycles. The van der Waals surface area contributed by atoms with E-state index in [2.05, 4.69) is 49.0 Å². The maximum absolute atomic E-state index is 5.61. The van der Waals surface area contributed by atoms with Crippen LogP contribution in [-0.4, -0.2) is 44.7 Å². The molecule has 18 heavy (non-hydrogen) atoms. The van der Waals surface area contributed by atoms with Gasteiger partial charge in [-0.15, -0.1) is 0 Å². The van der Waals surface area contributed by atoms with E-state index >= 15 is 0 Å². The smallest absolute Gasteiger partial charge is 0.0396 e. The summed E-state index contributed by atoms with van der Waals surface area (Å²) >= 11 is 0. The Labute approximate surface area is 111 Å². The second-order valence-corrected chi connectivity index (χ2v) is 5.51. The maximum atomic E-state index is 5.61. The van der Waals surface area contributed by atoms with Gasteiger partial charge in [-0.2, -0.15) is 0 Å². The van der Waals surface area contributed by atoms with Crippen LogP contribution in [-0.2, 0) is 6.42 Å². The Morgan fingerprint density at radius 2 is 2.17 bits per heavy atom. The van der Waals surface area contributed by atoms with Gasteiger partial charge in [0.05, 0.1) is 0 Å². The number of nitrogens with zero attached hydrogens (tertiary/aromatic N) is 2. The van der Waals surface area contributed by atoms with Gasteiger partial charge in [-0.3, -0.25) is 0 Å². The van der Waals surface area contributed by atoms with E-state index in [1.165, 1.54) is 29.8 Å². The largest absolute Gasteiger partial charge is 0.370 e. The molecule has 1 aliphatic rings. The molecule has 1 aromatic rings. The van der Waals surface area contributed by atoms with Gasteiger partial charge in [-0.1, -0.05) is 12.1 Å². The molecule has 0 aromatic heterocycles. The summed E-state index contributed by atoms with van der Waals surface area (Å²) in [6.45, 7) is 5.24. The summed E-state index contributed by atoms with van der Waals surface area (Å²) < 4.78 is 0. The third-order valence-corrected chi connectivity index (χ3v) is 3.93. The maximum Gasteiger partial charge on any atom is 0.0396 e. The molecular weight excluding hydrogens is 222 g/mol. The zero-order valence-electron chi connectivity index (χ0n) is 11.8. The predicted octanol–water partition coefficient (Wildman–Crippen LogP) is 1.64. The molecular formula is C15H25N3. The van der Waals surface area contributed by atoms with E-state index in [1.807, 2.05) is 0 Å². The average molecular weight is 247 g/mol. The van der Waals surface area contributed by atoms with Gasteiger partial charge in [0.25, 0.3) is 0 Å². The van der Waals surface area contributed by atoms with Crippen molar-refractivity contribution in [2.75, 3.05) is 38.6 Å². The number of aryl methyl sites for hydroxylation is 1. The molecule has 2 rings (SSSR count). The lowest BCUT2D eigenvalue weighted by Gasteiger charge is -2.23. The molecule has 0 spiro atoms. The van der Waals surface area contributed by atoms with Crippen molar-refractivity contribution in [3.8, 4) is 0 Å². The monoisotopic (exact) mass is 247 g/mol. The van der Waals surface area contributed by atoms with Crippen molar-refractivity contribution in [2.45, 2.75) is 25.8 Å². The predicted molar refractivity (Wildman–Crippen MR) is 78.2 cm³/mol. The van der Waals surface area contributed by atoms with Gasteiger partial charge in [0.15, 0.2) is 0 Å². The molecule has 0 radical (unpaired) electrons. The van der Waals surface area contributed by atoms with Crippen molar-refractivity contribution in [3.05, 3.63) is 29.3 Å². The lowest BCUT2D eigenvalue weighted by molar-refractivity contribution is 0.315. The molecule has 0 aliphatic carbocycles. The molecule has 0 amide bonds. The van der Waals surface area contributed by atoms with E-state index in [4.69, 9.17) is 5.73 Å². The molecule has 2 N–H and O–H groups in total. The van der Waals surface area contributed by atoms with E-state index in [-0.39, 0.29) is 0 Å². The van der Waals surface area contributed by atoms with Gasteiger partial charge >= 0.3 is 0 Å². The van der Waals surface area contributed by atoms with E-state index in [0.717, 1.165) is 19.5 Å². The standard InChI is InChI=1S/C15H25N3/c1-12-10-13(6-8-16)4-5-15(12)18-9-7-14(11-18)17(2)3/h4-5,10,14H,6-9,11,16H2,1-3H3. The summed E-state index contributed by atoms with van der Waals surface area (Å²) in [4.78, 5) is 4.84. The second kappa shape index (κ2) is 5.72. The van der Waals surface area contributed by atoms with Crippen LogP contribution in [0, 0.1) is 6.92 Å². The normalized spacial score (nSPS) is 19.8. The Morgan fingerprint density at radius 3 is 2.72 bits per heavy atom. The summed E-state index contributed by atoms with van der Waals surface area (Å²) in [5, 5.41) is 0. The van der Waals surface area contributed by atoms with Crippen LogP contribution >= 0.6 is 0 Å². The number of hydrogen-bond donors (Lipinski definition) is 1. The Morgan fingerprint density at radius 1 is 1.39 bits per heavy atom. The lowest BCUT2D eigenvalue weighted by Crippen LogP contribution is -2.31. The first-order chi connectivity index (χ1) is 8.61. The summed E-state index contributed by atoms with van der Waals surface area (Å²) in [7, 11) is 4.34.